The fourth-order valence-corrected chi connectivity index (χ4v) is 2.22. The Morgan fingerprint density at radius 1 is 1.14 bits per heavy atom. The highest BCUT2D eigenvalue weighted by molar-refractivity contribution is 7.99. The Hall–Kier alpha value is -1.81. The van der Waals surface area contributed by atoms with E-state index in [0.29, 0.717) is 5.75 Å². The molecule has 3 atom stereocenters. The summed E-state index contributed by atoms with van der Waals surface area (Å²) in [7, 11) is 0. The number of carboxylic acid groups (broad SMARTS) is 3. The maximum absolute atomic E-state index is 11.9. The SMILES string of the molecule is CCSCCC(NC(=O)C(O)(C(=O)O)C(C)C(=O)O)C(=O)O. The highest BCUT2D eigenvalue weighted by atomic mass is 32.2. The summed E-state index contributed by atoms with van der Waals surface area (Å²) in [5, 5.41) is 38.6. The van der Waals surface area contributed by atoms with Crippen molar-refractivity contribution in [2.24, 2.45) is 5.92 Å². The number of carbonyl (C=O) groups excluding carboxylic acids is 1. The van der Waals surface area contributed by atoms with Crippen LogP contribution in [0.4, 0.5) is 0 Å². The molecule has 0 radical (unpaired) electrons. The van der Waals surface area contributed by atoms with Crippen molar-refractivity contribution in [2.45, 2.75) is 31.9 Å². The number of thioether (sulfide) groups is 1. The fourth-order valence-electron chi connectivity index (χ4n) is 1.53. The van der Waals surface area contributed by atoms with Gasteiger partial charge in [-0.3, -0.25) is 9.59 Å². The molecule has 0 aliphatic carbocycles. The first-order valence-electron chi connectivity index (χ1n) is 6.39. The van der Waals surface area contributed by atoms with Crippen LogP contribution in [0.25, 0.3) is 0 Å². The van der Waals surface area contributed by atoms with Crippen molar-refractivity contribution in [1.29, 1.82) is 0 Å². The lowest BCUT2D eigenvalue weighted by molar-refractivity contribution is -0.179. The maximum Gasteiger partial charge on any atom is 0.346 e. The number of aliphatic hydroxyl groups is 1. The predicted octanol–water partition coefficient (Wildman–Crippen LogP) is -0.765. The normalized spacial score (nSPS) is 16.1. The zero-order valence-electron chi connectivity index (χ0n) is 12.1. The molecule has 0 aromatic heterocycles. The zero-order valence-corrected chi connectivity index (χ0v) is 12.9. The highest BCUT2D eigenvalue weighted by Crippen LogP contribution is 2.19. The molecule has 0 bridgehead atoms. The van der Waals surface area contributed by atoms with Gasteiger partial charge in [0, 0.05) is 0 Å². The third-order valence-electron chi connectivity index (χ3n) is 3.03. The quantitative estimate of drug-likeness (QED) is 0.255. The van der Waals surface area contributed by atoms with Gasteiger partial charge in [-0.25, -0.2) is 9.59 Å². The number of rotatable bonds is 10. The van der Waals surface area contributed by atoms with Crippen LogP contribution in [0, 0.1) is 5.92 Å². The second-order valence-electron chi connectivity index (χ2n) is 4.48. The molecular weight excluding hydrogens is 318 g/mol. The van der Waals surface area contributed by atoms with Gasteiger partial charge in [-0.1, -0.05) is 6.92 Å². The van der Waals surface area contributed by atoms with Gasteiger partial charge < -0.3 is 25.7 Å². The van der Waals surface area contributed by atoms with Crippen LogP contribution in [0.2, 0.25) is 0 Å². The topological polar surface area (TPSA) is 161 Å². The van der Waals surface area contributed by atoms with E-state index in [1.165, 1.54) is 11.8 Å². The summed E-state index contributed by atoms with van der Waals surface area (Å²) in [5.74, 6) is -7.56. The van der Waals surface area contributed by atoms with E-state index in [4.69, 9.17) is 15.3 Å². The molecule has 0 saturated carbocycles. The minimum atomic E-state index is -3.25. The number of amides is 1. The van der Waals surface area contributed by atoms with E-state index in [9.17, 15) is 24.3 Å². The molecule has 9 nitrogen and oxygen atoms in total. The van der Waals surface area contributed by atoms with Gasteiger partial charge in [0.05, 0.1) is 0 Å². The van der Waals surface area contributed by atoms with Gasteiger partial charge in [0.1, 0.15) is 12.0 Å². The molecule has 0 heterocycles. The van der Waals surface area contributed by atoms with Crippen molar-refractivity contribution in [3.63, 3.8) is 0 Å². The maximum atomic E-state index is 11.9. The van der Waals surface area contributed by atoms with E-state index in [1.807, 2.05) is 12.2 Å². The van der Waals surface area contributed by atoms with Gasteiger partial charge in [-0.2, -0.15) is 11.8 Å². The van der Waals surface area contributed by atoms with Crippen LogP contribution in [0.3, 0.4) is 0 Å². The van der Waals surface area contributed by atoms with Crippen LogP contribution in [0.5, 0.6) is 0 Å². The molecule has 3 unspecified atom stereocenters. The van der Waals surface area contributed by atoms with Crippen LogP contribution in [-0.4, -0.2) is 67.4 Å². The smallest absolute Gasteiger partial charge is 0.346 e. The van der Waals surface area contributed by atoms with Crippen molar-refractivity contribution in [1.82, 2.24) is 5.32 Å². The number of nitrogens with one attached hydrogen (secondary N) is 1. The van der Waals surface area contributed by atoms with Crippen LogP contribution >= 0.6 is 11.8 Å². The number of aliphatic carboxylic acids is 3. The molecule has 0 aliphatic heterocycles. The summed E-state index contributed by atoms with van der Waals surface area (Å²) in [6, 6.07) is -1.42. The van der Waals surface area contributed by atoms with Crippen molar-refractivity contribution < 1.29 is 39.6 Å². The first-order chi connectivity index (χ1) is 10.1. The van der Waals surface area contributed by atoms with Crippen molar-refractivity contribution >= 4 is 35.6 Å². The third kappa shape index (κ3) is 4.88. The lowest BCUT2D eigenvalue weighted by Crippen LogP contribution is -2.61. The molecule has 22 heavy (non-hydrogen) atoms. The first kappa shape index (κ1) is 20.2. The third-order valence-corrected chi connectivity index (χ3v) is 3.96. The van der Waals surface area contributed by atoms with E-state index in [2.05, 4.69) is 0 Å². The van der Waals surface area contributed by atoms with Gasteiger partial charge in [-0.05, 0) is 24.9 Å². The second kappa shape index (κ2) is 8.59. The fraction of sp³-hybridized carbons (Fsp3) is 0.667. The molecule has 1 amide bonds. The summed E-state index contributed by atoms with van der Waals surface area (Å²) >= 11 is 1.42. The Morgan fingerprint density at radius 2 is 1.68 bits per heavy atom. The molecule has 0 rings (SSSR count). The molecule has 5 N–H and O–H groups in total. The Kier molecular flexibility index (Phi) is 7.88. The molecule has 10 heteroatoms. The van der Waals surface area contributed by atoms with Crippen LogP contribution in [-0.2, 0) is 19.2 Å². The molecule has 126 valence electrons. The predicted molar refractivity (Wildman–Crippen MR) is 76.6 cm³/mol. The second-order valence-corrected chi connectivity index (χ2v) is 5.88. The van der Waals surface area contributed by atoms with Crippen molar-refractivity contribution in [3.8, 4) is 0 Å². The average molecular weight is 337 g/mol. The van der Waals surface area contributed by atoms with Crippen LogP contribution < -0.4 is 5.32 Å². The molecular formula is C12H19NO8S. The number of hydrogen-bond donors (Lipinski definition) is 5. The molecule has 0 spiro atoms. The summed E-state index contributed by atoms with van der Waals surface area (Å²) < 4.78 is 0. The minimum absolute atomic E-state index is 0.0106. The number of carboxylic acids is 3. The molecule has 0 aliphatic rings. The van der Waals surface area contributed by atoms with Crippen LogP contribution in [0.1, 0.15) is 20.3 Å². The van der Waals surface area contributed by atoms with Gasteiger partial charge in [0.2, 0.25) is 0 Å². The highest BCUT2D eigenvalue weighted by Gasteiger charge is 2.53. The van der Waals surface area contributed by atoms with Gasteiger partial charge in [-0.15, -0.1) is 0 Å². The standard InChI is InChI=1S/C12H19NO8S/c1-3-22-5-4-7(9(16)17)13-10(18)12(21,11(19)20)6(2)8(14)15/h6-7,21H,3-5H2,1-2H3,(H,13,18)(H,14,15)(H,16,17)(H,19,20). The molecule has 0 aromatic rings. The van der Waals surface area contributed by atoms with Gasteiger partial charge in [0.25, 0.3) is 11.5 Å². The van der Waals surface area contributed by atoms with E-state index in [-0.39, 0.29) is 6.42 Å². The number of carbonyl (C=O) groups is 4. The van der Waals surface area contributed by atoms with Crippen molar-refractivity contribution in [3.05, 3.63) is 0 Å². The summed E-state index contributed by atoms with van der Waals surface area (Å²) in [6.07, 6.45) is 0.0106. The minimum Gasteiger partial charge on any atom is -0.481 e. The van der Waals surface area contributed by atoms with E-state index < -0.39 is 41.4 Å². The Morgan fingerprint density at radius 3 is 2.05 bits per heavy atom. The summed E-state index contributed by atoms with van der Waals surface area (Å²) in [6.45, 7) is 2.70. The largest absolute Gasteiger partial charge is 0.481 e. The lowest BCUT2D eigenvalue weighted by atomic mass is 9.87. The number of hydrogen-bond acceptors (Lipinski definition) is 6. The van der Waals surface area contributed by atoms with E-state index >= 15 is 0 Å². The Balaban J connectivity index is 5.19. The molecule has 0 fully saturated rings. The van der Waals surface area contributed by atoms with Gasteiger partial charge in [0.15, 0.2) is 0 Å². The van der Waals surface area contributed by atoms with E-state index in [1.54, 1.807) is 0 Å². The average Bonchev–Trinajstić information content (AvgIpc) is 2.43. The van der Waals surface area contributed by atoms with Gasteiger partial charge >= 0.3 is 17.9 Å². The monoisotopic (exact) mass is 337 g/mol. The lowest BCUT2D eigenvalue weighted by Gasteiger charge is -2.27. The van der Waals surface area contributed by atoms with Crippen molar-refractivity contribution in [2.75, 3.05) is 11.5 Å². The Bertz CT molecular complexity index is 454. The summed E-state index contributed by atoms with van der Waals surface area (Å²) in [5.41, 5.74) is -3.25. The van der Waals surface area contributed by atoms with E-state index in [0.717, 1.165) is 12.7 Å². The Labute approximate surface area is 130 Å². The zero-order chi connectivity index (χ0) is 17.5. The molecule has 0 aromatic carbocycles. The van der Waals surface area contributed by atoms with Crippen LogP contribution in [0.15, 0.2) is 0 Å². The summed E-state index contributed by atoms with van der Waals surface area (Å²) in [4.78, 5) is 44.9. The molecule has 0 saturated heterocycles. The first-order valence-corrected chi connectivity index (χ1v) is 7.54.